The quantitative estimate of drug-likeness (QED) is 0.603. The van der Waals surface area contributed by atoms with Gasteiger partial charge in [-0.1, -0.05) is 48.0 Å². The number of carbonyl (C=O) groups is 2. The van der Waals surface area contributed by atoms with Gasteiger partial charge in [-0.15, -0.1) is 0 Å². The van der Waals surface area contributed by atoms with Crippen LogP contribution in [0.3, 0.4) is 0 Å². The van der Waals surface area contributed by atoms with Gasteiger partial charge in [0, 0.05) is 22.8 Å². The Kier molecular flexibility index (Phi) is 6.81. The van der Waals surface area contributed by atoms with Crippen LogP contribution in [0.5, 0.6) is 5.75 Å². The summed E-state index contributed by atoms with van der Waals surface area (Å²) in [6, 6.07) is 19.6. The number of anilines is 1. The van der Waals surface area contributed by atoms with Crippen LogP contribution in [0, 0.1) is 5.82 Å². The van der Waals surface area contributed by atoms with E-state index in [-0.39, 0.29) is 24.5 Å². The lowest BCUT2D eigenvalue weighted by Gasteiger charge is -2.12. The summed E-state index contributed by atoms with van der Waals surface area (Å²) in [4.78, 5) is 24.6. The summed E-state index contributed by atoms with van der Waals surface area (Å²) < 4.78 is 19.1. The van der Waals surface area contributed by atoms with Crippen molar-refractivity contribution < 1.29 is 18.7 Å². The molecule has 3 aromatic rings. The zero-order valence-corrected chi connectivity index (χ0v) is 16.1. The fraction of sp³-hybridized carbons (Fsp3) is 0.0909. The molecule has 2 N–H and O–H groups in total. The Hall–Kier alpha value is -3.38. The van der Waals surface area contributed by atoms with E-state index in [1.54, 1.807) is 48.5 Å². The van der Waals surface area contributed by atoms with E-state index in [2.05, 4.69) is 10.6 Å². The number of benzene rings is 3. The second-order valence-electron chi connectivity index (χ2n) is 6.12. The molecule has 0 aliphatic heterocycles. The molecule has 0 aliphatic rings. The molecule has 0 aromatic heterocycles. The van der Waals surface area contributed by atoms with E-state index in [1.165, 1.54) is 18.2 Å². The van der Waals surface area contributed by atoms with Crippen molar-refractivity contribution in [1.82, 2.24) is 5.32 Å². The van der Waals surface area contributed by atoms with Gasteiger partial charge in [0.1, 0.15) is 11.6 Å². The van der Waals surface area contributed by atoms with Crippen molar-refractivity contribution in [3.05, 3.63) is 94.8 Å². The van der Waals surface area contributed by atoms with Crippen LogP contribution in [-0.4, -0.2) is 18.4 Å². The van der Waals surface area contributed by atoms with Gasteiger partial charge in [0.2, 0.25) is 0 Å². The molecule has 0 radical (unpaired) electrons. The Labute approximate surface area is 172 Å². The van der Waals surface area contributed by atoms with Gasteiger partial charge in [0.25, 0.3) is 11.8 Å². The molecule has 5 nitrogen and oxygen atoms in total. The highest BCUT2D eigenvalue weighted by Gasteiger charge is 2.15. The second kappa shape index (κ2) is 9.71. The van der Waals surface area contributed by atoms with Crippen molar-refractivity contribution in [2.75, 3.05) is 11.9 Å². The molecular formula is C22H18ClFN2O3. The smallest absolute Gasteiger partial charge is 0.259 e. The van der Waals surface area contributed by atoms with Crippen molar-refractivity contribution >= 4 is 29.1 Å². The SMILES string of the molecule is O=C(COc1ccc(Cl)cc1C(=O)Nc1ccccc1)NCc1ccccc1F. The van der Waals surface area contributed by atoms with E-state index in [0.29, 0.717) is 16.3 Å². The first kappa shape index (κ1) is 20.4. The Balaban J connectivity index is 1.62. The van der Waals surface area contributed by atoms with Gasteiger partial charge in [-0.05, 0) is 36.4 Å². The summed E-state index contributed by atoms with van der Waals surface area (Å²) >= 11 is 6.01. The number of hydrogen-bond donors (Lipinski definition) is 2. The maximum Gasteiger partial charge on any atom is 0.259 e. The van der Waals surface area contributed by atoms with Crippen LogP contribution >= 0.6 is 11.6 Å². The van der Waals surface area contributed by atoms with Gasteiger partial charge in [-0.2, -0.15) is 0 Å². The number of amides is 2. The van der Waals surface area contributed by atoms with Crippen LogP contribution < -0.4 is 15.4 Å². The predicted octanol–water partition coefficient (Wildman–Crippen LogP) is 4.43. The molecule has 2 amide bonds. The lowest BCUT2D eigenvalue weighted by molar-refractivity contribution is -0.123. The molecule has 0 spiro atoms. The number of halogens is 2. The highest BCUT2D eigenvalue weighted by molar-refractivity contribution is 6.31. The summed E-state index contributed by atoms with van der Waals surface area (Å²) in [6.45, 7) is -0.293. The number of para-hydroxylation sites is 1. The fourth-order valence-electron chi connectivity index (χ4n) is 2.56. The first-order valence-corrected chi connectivity index (χ1v) is 9.19. The molecule has 0 fully saturated rings. The molecule has 0 saturated heterocycles. The number of ether oxygens (including phenoxy) is 1. The third-order valence-electron chi connectivity index (χ3n) is 4.01. The van der Waals surface area contributed by atoms with E-state index in [0.717, 1.165) is 0 Å². The largest absolute Gasteiger partial charge is 0.483 e. The van der Waals surface area contributed by atoms with E-state index in [9.17, 15) is 14.0 Å². The van der Waals surface area contributed by atoms with Crippen LogP contribution in [0.25, 0.3) is 0 Å². The topological polar surface area (TPSA) is 67.4 Å². The van der Waals surface area contributed by atoms with Crippen LogP contribution in [0.15, 0.2) is 72.8 Å². The van der Waals surface area contributed by atoms with Gasteiger partial charge in [0.15, 0.2) is 6.61 Å². The predicted molar refractivity (Wildman–Crippen MR) is 110 cm³/mol. The highest BCUT2D eigenvalue weighted by atomic mass is 35.5. The van der Waals surface area contributed by atoms with Gasteiger partial charge in [-0.3, -0.25) is 9.59 Å². The highest BCUT2D eigenvalue weighted by Crippen LogP contribution is 2.24. The molecule has 0 aliphatic carbocycles. The van der Waals surface area contributed by atoms with E-state index in [1.807, 2.05) is 6.07 Å². The Morgan fingerprint density at radius 3 is 2.45 bits per heavy atom. The molecule has 3 rings (SSSR count). The van der Waals surface area contributed by atoms with Gasteiger partial charge in [0.05, 0.1) is 5.56 Å². The minimum Gasteiger partial charge on any atom is -0.483 e. The maximum absolute atomic E-state index is 13.6. The lowest BCUT2D eigenvalue weighted by atomic mass is 10.2. The summed E-state index contributed by atoms with van der Waals surface area (Å²) in [7, 11) is 0. The minimum absolute atomic E-state index is 0.0385. The Bertz CT molecular complexity index is 1010. The van der Waals surface area contributed by atoms with E-state index >= 15 is 0 Å². The molecule has 0 bridgehead atoms. The first-order valence-electron chi connectivity index (χ1n) is 8.82. The van der Waals surface area contributed by atoms with E-state index < -0.39 is 17.6 Å². The number of hydrogen-bond acceptors (Lipinski definition) is 3. The van der Waals surface area contributed by atoms with Gasteiger partial charge >= 0.3 is 0 Å². The zero-order valence-electron chi connectivity index (χ0n) is 15.3. The monoisotopic (exact) mass is 412 g/mol. The Morgan fingerprint density at radius 2 is 1.69 bits per heavy atom. The molecule has 3 aromatic carbocycles. The van der Waals surface area contributed by atoms with E-state index in [4.69, 9.17) is 16.3 Å². The van der Waals surface area contributed by atoms with Crippen LogP contribution in [0.2, 0.25) is 5.02 Å². The zero-order chi connectivity index (χ0) is 20.6. The summed E-state index contributed by atoms with van der Waals surface area (Å²) in [5.41, 5.74) is 1.18. The van der Waals surface area contributed by atoms with Gasteiger partial charge in [-0.25, -0.2) is 4.39 Å². The van der Waals surface area contributed by atoms with Crippen molar-refractivity contribution in [1.29, 1.82) is 0 Å². The minimum atomic E-state index is -0.447. The molecule has 0 saturated carbocycles. The summed E-state index contributed by atoms with van der Waals surface area (Å²) in [5, 5.41) is 5.69. The molecule has 0 atom stereocenters. The number of carbonyl (C=O) groups excluding carboxylic acids is 2. The molecule has 29 heavy (non-hydrogen) atoms. The number of nitrogens with one attached hydrogen (secondary N) is 2. The molecule has 0 heterocycles. The molecule has 148 valence electrons. The van der Waals surface area contributed by atoms with Crippen molar-refractivity contribution in [3.63, 3.8) is 0 Å². The lowest BCUT2D eigenvalue weighted by Crippen LogP contribution is -2.29. The second-order valence-corrected chi connectivity index (χ2v) is 6.55. The average molecular weight is 413 g/mol. The summed E-state index contributed by atoms with van der Waals surface area (Å²) in [6.07, 6.45) is 0. The standard InChI is InChI=1S/C22H18ClFN2O3/c23-16-10-11-20(18(12-16)22(28)26-17-7-2-1-3-8-17)29-14-21(27)25-13-15-6-4-5-9-19(15)24/h1-12H,13-14H2,(H,25,27)(H,26,28). The van der Waals surface area contributed by atoms with Crippen molar-refractivity contribution in [3.8, 4) is 5.75 Å². The normalized spacial score (nSPS) is 10.3. The van der Waals surface area contributed by atoms with Crippen molar-refractivity contribution in [2.24, 2.45) is 0 Å². The molecular weight excluding hydrogens is 395 g/mol. The fourth-order valence-corrected chi connectivity index (χ4v) is 2.73. The molecule has 0 unspecified atom stereocenters. The summed E-state index contributed by atoms with van der Waals surface area (Å²) in [5.74, 6) is -1.05. The Morgan fingerprint density at radius 1 is 0.966 bits per heavy atom. The van der Waals surface area contributed by atoms with Crippen molar-refractivity contribution in [2.45, 2.75) is 6.54 Å². The van der Waals surface area contributed by atoms with Crippen LogP contribution in [0.1, 0.15) is 15.9 Å². The first-order chi connectivity index (χ1) is 14.0. The maximum atomic E-state index is 13.6. The van der Waals surface area contributed by atoms with Crippen LogP contribution in [0.4, 0.5) is 10.1 Å². The van der Waals surface area contributed by atoms with Crippen LogP contribution in [-0.2, 0) is 11.3 Å². The van der Waals surface area contributed by atoms with Gasteiger partial charge < -0.3 is 15.4 Å². The number of rotatable bonds is 7. The third-order valence-corrected chi connectivity index (χ3v) is 4.25. The third kappa shape index (κ3) is 5.80. The molecule has 7 heteroatoms. The average Bonchev–Trinajstić information content (AvgIpc) is 2.73.